The van der Waals surface area contributed by atoms with E-state index in [-0.39, 0.29) is 0 Å². The van der Waals surface area contributed by atoms with Gasteiger partial charge >= 0.3 is 0 Å². The lowest BCUT2D eigenvalue weighted by Gasteiger charge is -2.38. The van der Waals surface area contributed by atoms with Crippen molar-refractivity contribution in [2.45, 2.75) is 60.0 Å². The number of nitrogens with zero attached hydrogens (tertiary/aromatic N) is 4. The van der Waals surface area contributed by atoms with E-state index in [1.54, 1.807) is 0 Å². The summed E-state index contributed by atoms with van der Waals surface area (Å²) in [5.41, 5.74) is 20.5. The molecule has 372 valence electrons. The van der Waals surface area contributed by atoms with Crippen LogP contribution in [0.1, 0.15) is 69.5 Å². The van der Waals surface area contributed by atoms with Crippen molar-refractivity contribution in [3.8, 4) is 0 Å². The molecule has 0 amide bonds. The van der Waals surface area contributed by atoms with Gasteiger partial charge in [0, 0.05) is 71.7 Å². The van der Waals surface area contributed by atoms with E-state index in [4.69, 9.17) is 0 Å². The van der Waals surface area contributed by atoms with Gasteiger partial charge in [0.1, 0.15) is 0 Å². The van der Waals surface area contributed by atoms with E-state index in [1.807, 2.05) is 0 Å². The summed E-state index contributed by atoms with van der Waals surface area (Å²) in [4.78, 5) is 9.65. The van der Waals surface area contributed by atoms with E-state index in [0.717, 1.165) is 60.3 Å². The van der Waals surface area contributed by atoms with E-state index < -0.39 is 5.41 Å². The lowest BCUT2D eigenvalue weighted by atomic mass is 9.65. The van der Waals surface area contributed by atoms with Gasteiger partial charge in [0.2, 0.25) is 0 Å². The molecular weight excluding hydrogens is 909 g/mol. The smallest absolute Gasteiger partial charge is 0.0701 e. The summed E-state index contributed by atoms with van der Waals surface area (Å²) in [6, 6.07) is 94.5. The quantitative estimate of drug-likeness (QED) is 0.0794. The number of hydrogen-bond acceptors (Lipinski definition) is 4. The van der Waals surface area contributed by atoms with Crippen LogP contribution in [0.25, 0.3) is 0 Å². The SMILES string of the molecule is CCN(Cc1ccccc1)c1ccc(C(c2ccc(N(CC)Cc3ccccc3)cc2)(c2ccc(N(c3ccc(C)cc3)c3ccc(C)cc3)cc2)c2ccc(N(c3ccc(C)cc3)c3ccc(C)cc3)cc2)cc1. The Hall–Kier alpha value is -8.60. The molecule has 10 rings (SSSR count). The van der Waals surface area contributed by atoms with Gasteiger partial charge in [-0.1, -0.05) is 180 Å². The molecule has 75 heavy (non-hydrogen) atoms. The van der Waals surface area contributed by atoms with Crippen molar-refractivity contribution >= 4 is 45.5 Å². The molecule has 10 aromatic carbocycles. The highest BCUT2D eigenvalue weighted by Gasteiger charge is 2.39. The van der Waals surface area contributed by atoms with Crippen LogP contribution in [0.2, 0.25) is 0 Å². The predicted molar refractivity (Wildman–Crippen MR) is 319 cm³/mol. The van der Waals surface area contributed by atoms with Gasteiger partial charge in [0.05, 0.1) is 5.41 Å². The average Bonchev–Trinajstić information content (AvgIpc) is 3.46. The van der Waals surface area contributed by atoms with E-state index in [2.05, 4.69) is 316 Å². The highest BCUT2D eigenvalue weighted by Crippen LogP contribution is 2.48. The molecule has 0 saturated carbocycles. The Morgan fingerprint density at radius 2 is 0.467 bits per heavy atom. The van der Waals surface area contributed by atoms with Crippen molar-refractivity contribution in [1.29, 1.82) is 0 Å². The molecular formula is C71H68N4. The molecule has 4 nitrogen and oxygen atoms in total. The molecule has 0 heterocycles. The molecule has 10 aromatic rings. The van der Waals surface area contributed by atoms with Crippen molar-refractivity contribution in [3.63, 3.8) is 0 Å². The zero-order valence-corrected chi connectivity index (χ0v) is 44.4. The van der Waals surface area contributed by atoms with Gasteiger partial charge < -0.3 is 19.6 Å². The zero-order valence-electron chi connectivity index (χ0n) is 44.4. The second-order valence-corrected chi connectivity index (χ2v) is 20.0. The maximum Gasteiger partial charge on any atom is 0.0701 e. The summed E-state index contributed by atoms with van der Waals surface area (Å²) < 4.78 is 0. The molecule has 0 spiro atoms. The van der Waals surface area contributed by atoms with E-state index >= 15 is 0 Å². The van der Waals surface area contributed by atoms with Gasteiger partial charge in [-0.05, 0) is 172 Å². The van der Waals surface area contributed by atoms with E-state index in [0.29, 0.717) is 0 Å². The molecule has 0 atom stereocenters. The second-order valence-electron chi connectivity index (χ2n) is 20.0. The molecule has 0 N–H and O–H groups in total. The standard InChI is InChI=1S/C71H68N4/c1-7-72(51-57-15-11-9-12-16-57)63-43-27-59(28-44-63)71(60-29-45-64(46-30-60)73(8-2)52-58-17-13-10-14-18-58,61-31-47-69(48-32-61)74(65-35-19-53(3)20-36-65)66-37-21-54(4)22-38-66)62-33-49-70(50-34-62)75(67-39-23-55(5)24-40-67)68-41-25-56(6)26-42-68/h9-50H,7-8,51-52H2,1-6H3. The first-order valence-corrected chi connectivity index (χ1v) is 26.6. The van der Waals surface area contributed by atoms with Crippen LogP contribution in [0.5, 0.6) is 0 Å². The first-order chi connectivity index (χ1) is 36.7. The number of aryl methyl sites for hydroxylation is 4. The van der Waals surface area contributed by atoms with Gasteiger partial charge in [-0.2, -0.15) is 0 Å². The third-order valence-corrected chi connectivity index (χ3v) is 14.8. The minimum absolute atomic E-state index is 0.738. The summed E-state index contributed by atoms with van der Waals surface area (Å²) in [6.45, 7) is 16.5. The Kier molecular flexibility index (Phi) is 15.1. The fourth-order valence-electron chi connectivity index (χ4n) is 10.6. The van der Waals surface area contributed by atoms with Gasteiger partial charge in [-0.3, -0.25) is 0 Å². The fraction of sp³-hybridized carbons (Fsp3) is 0.155. The Morgan fingerprint density at radius 3 is 0.693 bits per heavy atom. The lowest BCUT2D eigenvalue weighted by molar-refractivity contribution is 0.742. The van der Waals surface area contributed by atoms with Crippen LogP contribution in [-0.2, 0) is 18.5 Å². The maximum atomic E-state index is 2.46. The molecule has 0 aromatic heterocycles. The van der Waals surface area contributed by atoms with Crippen LogP contribution in [0, 0.1) is 27.7 Å². The Morgan fingerprint density at radius 1 is 0.253 bits per heavy atom. The van der Waals surface area contributed by atoms with Gasteiger partial charge in [0.15, 0.2) is 0 Å². The van der Waals surface area contributed by atoms with Crippen molar-refractivity contribution < 1.29 is 0 Å². The van der Waals surface area contributed by atoms with Crippen LogP contribution in [0.3, 0.4) is 0 Å². The maximum absolute atomic E-state index is 2.46. The fourth-order valence-corrected chi connectivity index (χ4v) is 10.6. The molecule has 0 aliphatic heterocycles. The monoisotopic (exact) mass is 977 g/mol. The van der Waals surface area contributed by atoms with Crippen molar-refractivity contribution in [2.24, 2.45) is 0 Å². The molecule has 0 unspecified atom stereocenters. The van der Waals surface area contributed by atoms with Crippen LogP contribution in [-0.4, -0.2) is 13.1 Å². The molecule has 0 aliphatic rings. The Bertz CT molecular complexity index is 3050. The first kappa shape index (κ1) is 50.0. The average molecular weight is 977 g/mol. The van der Waals surface area contributed by atoms with Crippen molar-refractivity contribution in [3.05, 3.63) is 310 Å². The summed E-state index contributed by atoms with van der Waals surface area (Å²) in [6.07, 6.45) is 0. The first-order valence-electron chi connectivity index (χ1n) is 26.6. The second kappa shape index (κ2) is 22.7. The molecule has 0 bridgehead atoms. The molecule has 0 fully saturated rings. The van der Waals surface area contributed by atoms with E-state index in [1.165, 1.54) is 67.0 Å². The summed E-state index contributed by atoms with van der Waals surface area (Å²) >= 11 is 0. The highest BCUT2D eigenvalue weighted by atomic mass is 15.2. The Balaban J connectivity index is 1.17. The summed E-state index contributed by atoms with van der Waals surface area (Å²) in [7, 11) is 0. The molecule has 0 aliphatic carbocycles. The highest BCUT2D eigenvalue weighted by molar-refractivity contribution is 5.79. The van der Waals surface area contributed by atoms with Gasteiger partial charge in [-0.15, -0.1) is 0 Å². The zero-order chi connectivity index (χ0) is 51.7. The third-order valence-electron chi connectivity index (χ3n) is 14.8. The lowest BCUT2D eigenvalue weighted by Crippen LogP contribution is -2.31. The van der Waals surface area contributed by atoms with Crippen LogP contribution < -0.4 is 19.6 Å². The number of anilines is 8. The molecule has 4 heteroatoms. The number of hydrogen-bond donors (Lipinski definition) is 0. The van der Waals surface area contributed by atoms with Crippen LogP contribution in [0.15, 0.2) is 255 Å². The summed E-state index contributed by atoms with van der Waals surface area (Å²) in [5.74, 6) is 0. The predicted octanol–water partition coefficient (Wildman–Crippen LogP) is 18.3. The van der Waals surface area contributed by atoms with Crippen molar-refractivity contribution in [2.75, 3.05) is 32.7 Å². The van der Waals surface area contributed by atoms with E-state index in [9.17, 15) is 0 Å². The summed E-state index contributed by atoms with van der Waals surface area (Å²) in [5, 5.41) is 0. The van der Waals surface area contributed by atoms with Crippen LogP contribution in [0.4, 0.5) is 45.5 Å². The third kappa shape index (κ3) is 10.9. The normalized spacial score (nSPS) is 11.3. The minimum Gasteiger partial charge on any atom is -0.367 e. The van der Waals surface area contributed by atoms with Gasteiger partial charge in [0.25, 0.3) is 0 Å². The number of rotatable bonds is 18. The molecule has 0 saturated heterocycles. The number of benzene rings is 10. The topological polar surface area (TPSA) is 13.0 Å². The van der Waals surface area contributed by atoms with Crippen LogP contribution >= 0.6 is 0 Å². The molecule has 0 radical (unpaired) electrons. The largest absolute Gasteiger partial charge is 0.367 e. The van der Waals surface area contributed by atoms with Crippen molar-refractivity contribution in [1.82, 2.24) is 0 Å². The Labute approximate surface area is 446 Å². The van der Waals surface area contributed by atoms with Gasteiger partial charge in [-0.25, -0.2) is 0 Å². The minimum atomic E-state index is -0.738.